The van der Waals surface area contributed by atoms with Crippen LogP contribution in [0, 0.1) is 0 Å². The summed E-state index contributed by atoms with van der Waals surface area (Å²) in [5, 5.41) is 3.46. The maximum absolute atomic E-state index is 12.0. The molecule has 0 bridgehead atoms. The van der Waals surface area contributed by atoms with Crippen LogP contribution in [0.4, 0.5) is 0 Å². The summed E-state index contributed by atoms with van der Waals surface area (Å²) in [5.41, 5.74) is 2.30. The monoisotopic (exact) mass is 270 g/mol. The molecule has 0 saturated heterocycles. The molecule has 0 atom stereocenters. The summed E-state index contributed by atoms with van der Waals surface area (Å²) < 4.78 is 1.70. The zero-order valence-corrected chi connectivity index (χ0v) is 10.8. The Hall–Kier alpha value is -2.26. The zero-order chi connectivity index (χ0) is 13.2. The van der Waals surface area contributed by atoms with Gasteiger partial charge in [-0.05, 0) is 29.8 Å². The second kappa shape index (κ2) is 4.78. The van der Waals surface area contributed by atoms with E-state index < -0.39 is 0 Å². The standard InChI is InChI=1S/C15H11ClN2O/c16-12-6-8-13(9-7-12)18-10-14(15(19)17-18)11-4-2-1-3-5-11/h1-10H,(H,17,19). The van der Waals surface area contributed by atoms with E-state index >= 15 is 0 Å². The van der Waals surface area contributed by atoms with Gasteiger partial charge in [0, 0.05) is 11.2 Å². The number of halogens is 1. The molecule has 94 valence electrons. The molecule has 0 unspecified atom stereocenters. The lowest BCUT2D eigenvalue weighted by atomic mass is 10.1. The Labute approximate surface area is 115 Å². The summed E-state index contributed by atoms with van der Waals surface area (Å²) >= 11 is 5.85. The first-order valence-corrected chi connectivity index (χ1v) is 6.25. The highest BCUT2D eigenvalue weighted by atomic mass is 35.5. The van der Waals surface area contributed by atoms with Crippen molar-refractivity contribution in [2.24, 2.45) is 0 Å². The molecule has 3 nitrogen and oxygen atoms in total. The van der Waals surface area contributed by atoms with E-state index in [0.29, 0.717) is 10.6 Å². The molecule has 0 aliphatic carbocycles. The fourth-order valence-corrected chi connectivity index (χ4v) is 2.08. The van der Waals surface area contributed by atoms with Gasteiger partial charge in [0.05, 0.1) is 11.3 Å². The predicted molar refractivity (Wildman–Crippen MR) is 76.8 cm³/mol. The number of aromatic amines is 1. The second-order valence-electron chi connectivity index (χ2n) is 4.20. The minimum Gasteiger partial charge on any atom is -0.267 e. The van der Waals surface area contributed by atoms with Crippen molar-refractivity contribution in [2.75, 3.05) is 0 Å². The normalized spacial score (nSPS) is 10.6. The van der Waals surface area contributed by atoms with E-state index in [2.05, 4.69) is 5.10 Å². The van der Waals surface area contributed by atoms with E-state index in [9.17, 15) is 4.79 Å². The fraction of sp³-hybridized carbons (Fsp3) is 0. The van der Waals surface area contributed by atoms with E-state index in [1.807, 2.05) is 42.5 Å². The molecular formula is C15H11ClN2O. The van der Waals surface area contributed by atoms with Crippen molar-refractivity contribution in [3.63, 3.8) is 0 Å². The molecule has 4 heteroatoms. The van der Waals surface area contributed by atoms with E-state index in [1.165, 1.54) is 0 Å². The van der Waals surface area contributed by atoms with E-state index in [1.54, 1.807) is 23.0 Å². The van der Waals surface area contributed by atoms with Gasteiger partial charge >= 0.3 is 0 Å². The fourth-order valence-electron chi connectivity index (χ4n) is 1.95. The van der Waals surface area contributed by atoms with Gasteiger partial charge in [-0.25, -0.2) is 0 Å². The maximum Gasteiger partial charge on any atom is 0.272 e. The van der Waals surface area contributed by atoms with E-state index in [-0.39, 0.29) is 5.56 Å². The SMILES string of the molecule is O=c1[nH]n(-c2ccc(Cl)cc2)cc1-c1ccccc1. The minimum absolute atomic E-state index is 0.110. The Balaban J connectivity index is 2.07. The third-order valence-corrected chi connectivity index (χ3v) is 3.17. The van der Waals surface area contributed by atoms with Crippen molar-refractivity contribution in [1.29, 1.82) is 0 Å². The van der Waals surface area contributed by atoms with Crippen LogP contribution in [0.3, 0.4) is 0 Å². The van der Waals surface area contributed by atoms with Crippen LogP contribution >= 0.6 is 11.6 Å². The summed E-state index contributed by atoms with van der Waals surface area (Å²) in [7, 11) is 0. The van der Waals surface area contributed by atoms with Crippen molar-refractivity contribution in [3.05, 3.63) is 76.2 Å². The molecule has 0 amide bonds. The number of nitrogens with one attached hydrogen (secondary N) is 1. The lowest BCUT2D eigenvalue weighted by Gasteiger charge is -2.01. The maximum atomic E-state index is 12.0. The molecule has 1 aromatic heterocycles. The number of nitrogens with zero attached hydrogens (tertiary/aromatic N) is 1. The summed E-state index contributed by atoms with van der Waals surface area (Å²) in [5.74, 6) is 0. The molecule has 0 fully saturated rings. The molecule has 0 aliphatic heterocycles. The summed E-state index contributed by atoms with van der Waals surface area (Å²) in [6.45, 7) is 0. The highest BCUT2D eigenvalue weighted by Crippen LogP contribution is 2.17. The first-order chi connectivity index (χ1) is 9.24. The van der Waals surface area contributed by atoms with Gasteiger partial charge in [-0.15, -0.1) is 0 Å². The lowest BCUT2D eigenvalue weighted by molar-refractivity contribution is 0.864. The van der Waals surface area contributed by atoms with Gasteiger partial charge in [0.1, 0.15) is 0 Å². The highest BCUT2D eigenvalue weighted by molar-refractivity contribution is 6.30. The summed E-state index contributed by atoms with van der Waals surface area (Å²) in [4.78, 5) is 12.0. The molecule has 19 heavy (non-hydrogen) atoms. The lowest BCUT2D eigenvalue weighted by Crippen LogP contribution is -2.05. The largest absolute Gasteiger partial charge is 0.272 e. The summed E-state index contributed by atoms with van der Waals surface area (Å²) in [6, 6.07) is 16.9. The molecule has 1 N–H and O–H groups in total. The van der Waals surface area contributed by atoms with Crippen LogP contribution < -0.4 is 5.56 Å². The van der Waals surface area contributed by atoms with E-state index in [0.717, 1.165) is 11.3 Å². The molecule has 0 radical (unpaired) electrons. The number of H-pyrrole nitrogens is 1. The smallest absolute Gasteiger partial charge is 0.267 e. The molecule has 0 saturated carbocycles. The van der Waals surface area contributed by atoms with Crippen LogP contribution in [0.2, 0.25) is 5.02 Å². The van der Waals surface area contributed by atoms with Gasteiger partial charge in [0.25, 0.3) is 5.56 Å². The molecular weight excluding hydrogens is 260 g/mol. The Kier molecular flexibility index (Phi) is 2.97. The van der Waals surface area contributed by atoms with Crippen molar-refractivity contribution in [2.45, 2.75) is 0 Å². The predicted octanol–water partition coefficient (Wildman–Crippen LogP) is 3.49. The van der Waals surface area contributed by atoms with Crippen LogP contribution in [0.5, 0.6) is 0 Å². The molecule has 2 aromatic carbocycles. The van der Waals surface area contributed by atoms with Crippen molar-refractivity contribution in [1.82, 2.24) is 9.78 Å². The zero-order valence-electron chi connectivity index (χ0n) is 10.0. The second-order valence-corrected chi connectivity index (χ2v) is 4.63. The number of rotatable bonds is 2. The van der Waals surface area contributed by atoms with Crippen molar-refractivity contribution >= 4 is 11.6 Å². The molecule has 0 aliphatic rings. The van der Waals surface area contributed by atoms with E-state index in [4.69, 9.17) is 11.6 Å². The Morgan fingerprint density at radius 1 is 0.947 bits per heavy atom. The molecule has 3 rings (SSSR count). The molecule has 1 heterocycles. The Bertz CT molecular complexity index is 742. The quantitative estimate of drug-likeness (QED) is 0.760. The van der Waals surface area contributed by atoms with Crippen molar-refractivity contribution in [3.8, 4) is 16.8 Å². The van der Waals surface area contributed by atoms with Crippen LogP contribution in [-0.2, 0) is 0 Å². The first-order valence-electron chi connectivity index (χ1n) is 5.87. The van der Waals surface area contributed by atoms with Crippen LogP contribution in [-0.4, -0.2) is 9.78 Å². The number of benzene rings is 2. The van der Waals surface area contributed by atoms with Gasteiger partial charge in [-0.2, -0.15) is 0 Å². The minimum atomic E-state index is -0.110. The topological polar surface area (TPSA) is 37.8 Å². The number of aromatic nitrogens is 2. The first kappa shape index (κ1) is 11.8. The van der Waals surface area contributed by atoms with Crippen molar-refractivity contribution < 1.29 is 0 Å². The number of hydrogen-bond donors (Lipinski definition) is 1. The van der Waals surface area contributed by atoms with Gasteiger partial charge in [0.15, 0.2) is 0 Å². The third kappa shape index (κ3) is 2.33. The Morgan fingerprint density at radius 2 is 1.63 bits per heavy atom. The average Bonchev–Trinajstić information content (AvgIpc) is 2.83. The molecule has 0 spiro atoms. The Morgan fingerprint density at radius 3 is 2.32 bits per heavy atom. The third-order valence-electron chi connectivity index (χ3n) is 2.91. The number of hydrogen-bond acceptors (Lipinski definition) is 1. The highest BCUT2D eigenvalue weighted by Gasteiger charge is 2.07. The van der Waals surface area contributed by atoms with Crippen LogP contribution in [0.15, 0.2) is 65.6 Å². The van der Waals surface area contributed by atoms with Gasteiger partial charge in [-0.3, -0.25) is 14.6 Å². The van der Waals surface area contributed by atoms with Gasteiger partial charge in [0.2, 0.25) is 0 Å². The van der Waals surface area contributed by atoms with Crippen LogP contribution in [0.25, 0.3) is 16.8 Å². The van der Waals surface area contributed by atoms with Gasteiger partial charge in [-0.1, -0.05) is 41.9 Å². The van der Waals surface area contributed by atoms with Gasteiger partial charge < -0.3 is 0 Å². The van der Waals surface area contributed by atoms with Crippen LogP contribution in [0.1, 0.15) is 0 Å². The molecule has 3 aromatic rings. The summed E-state index contributed by atoms with van der Waals surface area (Å²) in [6.07, 6.45) is 1.79. The average molecular weight is 271 g/mol.